The molecule has 1 aromatic rings. The van der Waals surface area contributed by atoms with Crippen molar-refractivity contribution in [1.29, 1.82) is 0 Å². The van der Waals surface area contributed by atoms with Crippen LogP contribution in [0.4, 0.5) is 5.69 Å². The van der Waals surface area contributed by atoms with Gasteiger partial charge in [-0.25, -0.2) is 0 Å². The molecule has 102 valence electrons. The van der Waals surface area contributed by atoms with Crippen LogP contribution in [-0.2, 0) is 0 Å². The monoisotopic (exact) mass is 248 g/mol. The van der Waals surface area contributed by atoms with E-state index in [2.05, 4.69) is 75.3 Å². The van der Waals surface area contributed by atoms with Gasteiger partial charge < -0.3 is 10.2 Å². The van der Waals surface area contributed by atoms with Crippen molar-refractivity contribution in [2.45, 2.75) is 40.2 Å². The Bertz CT molecular complexity index is 327. The van der Waals surface area contributed by atoms with Gasteiger partial charge in [-0.15, -0.1) is 0 Å². The van der Waals surface area contributed by atoms with Crippen LogP contribution in [0.5, 0.6) is 0 Å². The number of rotatable bonds is 6. The van der Waals surface area contributed by atoms with Crippen molar-refractivity contribution in [2.24, 2.45) is 5.41 Å². The fraction of sp³-hybridized carbons (Fsp3) is 0.625. The third kappa shape index (κ3) is 4.69. The Kier molecular flexibility index (Phi) is 5.67. The number of benzene rings is 1. The highest BCUT2D eigenvalue weighted by Crippen LogP contribution is 2.22. The van der Waals surface area contributed by atoms with Crippen molar-refractivity contribution in [1.82, 2.24) is 5.32 Å². The zero-order valence-electron chi connectivity index (χ0n) is 12.5. The lowest BCUT2D eigenvalue weighted by atomic mass is 9.86. The molecule has 0 aromatic heterocycles. The van der Waals surface area contributed by atoms with E-state index in [1.807, 2.05) is 0 Å². The molecule has 0 bridgehead atoms. The summed E-state index contributed by atoms with van der Waals surface area (Å²) in [4.78, 5) is 2.33. The molecule has 1 N–H and O–H groups in total. The Hall–Kier alpha value is -1.02. The molecular formula is C16H28N2. The average molecular weight is 248 g/mol. The van der Waals surface area contributed by atoms with Crippen molar-refractivity contribution in [3.63, 3.8) is 0 Å². The molecule has 1 rings (SSSR count). The molecule has 2 nitrogen and oxygen atoms in total. The van der Waals surface area contributed by atoms with Gasteiger partial charge in [0.05, 0.1) is 0 Å². The molecule has 0 fully saturated rings. The van der Waals surface area contributed by atoms with Gasteiger partial charge in [-0.2, -0.15) is 0 Å². The molecule has 0 spiro atoms. The summed E-state index contributed by atoms with van der Waals surface area (Å²) in [7, 11) is 2.17. The summed E-state index contributed by atoms with van der Waals surface area (Å²) in [5, 5.41) is 3.67. The number of para-hydroxylation sites is 1. The summed E-state index contributed by atoms with van der Waals surface area (Å²) in [5.74, 6) is 0. The van der Waals surface area contributed by atoms with Gasteiger partial charge in [0.1, 0.15) is 0 Å². The van der Waals surface area contributed by atoms with Gasteiger partial charge in [-0.1, -0.05) is 45.9 Å². The van der Waals surface area contributed by atoms with Gasteiger partial charge in [0.2, 0.25) is 0 Å². The molecule has 0 aliphatic rings. The molecule has 0 radical (unpaired) electrons. The van der Waals surface area contributed by atoms with E-state index in [4.69, 9.17) is 0 Å². The Morgan fingerprint density at radius 1 is 1.17 bits per heavy atom. The van der Waals surface area contributed by atoms with Crippen LogP contribution in [0.1, 0.15) is 34.1 Å². The van der Waals surface area contributed by atoms with Crippen molar-refractivity contribution in [3.8, 4) is 0 Å². The third-order valence-corrected chi connectivity index (χ3v) is 3.34. The lowest BCUT2D eigenvalue weighted by Gasteiger charge is -2.35. The van der Waals surface area contributed by atoms with Crippen LogP contribution in [0.2, 0.25) is 0 Å². The predicted molar refractivity (Wildman–Crippen MR) is 81.2 cm³/mol. The number of hydrogen-bond donors (Lipinski definition) is 1. The molecule has 0 aliphatic carbocycles. The first-order valence-electron chi connectivity index (χ1n) is 6.94. The molecule has 2 heteroatoms. The van der Waals surface area contributed by atoms with Crippen LogP contribution in [0.25, 0.3) is 0 Å². The Morgan fingerprint density at radius 3 is 2.28 bits per heavy atom. The molecule has 0 saturated carbocycles. The average Bonchev–Trinajstić information content (AvgIpc) is 2.34. The second-order valence-electron chi connectivity index (χ2n) is 6.09. The summed E-state index contributed by atoms with van der Waals surface area (Å²) in [6.07, 6.45) is 1.18. The number of nitrogens with zero attached hydrogens (tertiary/aromatic N) is 1. The normalized spacial score (nSPS) is 13.4. The first kappa shape index (κ1) is 15.0. The topological polar surface area (TPSA) is 15.3 Å². The van der Waals surface area contributed by atoms with Crippen LogP contribution < -0.4 is 10.2 Å². The van der Waals surface area contributed by atoms with Crippen LogP contribution >= 0.6 is 0 Å². The van der Waals surface area contributed by atoms with E-state index in [-0.39, 0.29) is 5.41 Å². The smallest absolute Gasteiger partial charge is 0.0364 e. The van der Waals surface area contributed by atoms with Crippen molar-refractivity contribution < 1.29 is 0 Å². The van der Waals surface area contributed by atoms with Crippen LogP contribution in [-0.4, -0.2) is 26.2 Å². The van der Waals surface area contributed by atoms with Gasteiger partial charge >= 0.3 is 0 Å². The minimum Gasteiger partial charge on any atom is -0.373 e. The van der Waals surface area contributed by atoms with Crippen LogP contribution in [0.15, 0.2) is 30.3 Å². The molecule has 1 aromatic carbocycles. The number of likely N-dealkylation sites (N-methyl/N-ethyl adjacent to an activating group) is 1. The van der Waals surface area contributed by atoms with E-state index in [0.717, 1.165) is 13.1 Å². The highest BCUT2D eigenvalue weighted by atomic mass is 15.1. The van der Waals surface area contributed by atoms with Crippen LogP contribution in [0.3, 0.4) is 0 Å². The maximum absolute atomic E-state index is 3.67. The van der Waals surface area contributed by atoms with Gasteiger partial charge in [0.15, 0.2) is 0 Å². The minimum atomic E-state index is 0.276. The van der Waals surface area contributed by atoms with E-state index in [1.54, 1.807) is 0 Å². The highest BCUT2D eigenvalue weighted by Gasteiger charge is 2.25. The predicted octanol–water partition coefficient (Wildman–Crippen LogP) is 3.54. The van der Waals surface area contributed by atoms with Crippen molar-refractivity contribution in [2.75, 3.05) is 25.0 Å². The molecule has 0 saturated heterocycles. The molecule has 0 heterocycles. The SMILES string of the molecule is CCCNC(CN(C)c1ccccc1)C(C)(C)C. The Morgan fingerprint density at radius 2 is 1.78 bits per heavy atom. The highest BCUT2D eigenvalue weighted by molar-refractivity contribution is 5.45. The fourth-order valence-electron chi connectivity index (χ4n) is 2.02. The Balaban J connectivity index is 2.66. The van der Waals surface area contributed by atoms with E-state index < -0.39 is 0 Å². The molecule has 0 aliphatic heterocycles. The van der Waals surface area contributed by atoms with Gasteiger partial charge in [-0.05, 0) is 30.5 Å². The lowest BCUT2D eigenvalue weighted by Crippen LogP contribution is -2.48. The zero-order chi connectivity index (χ0) is 13.6. The van der Waals surface area contributed by atoms with Crippen molar-refractivity contribution in [3.05, 3.63) is 30.3 Å². The first-order chi connectivity index (χ1) is 8.45. The number of anilines is 1. The summed E-state index contributed by atoms with van der Waals surface area (Å²) in [6, 6.07) is 11.1. The maximum atomic E-state index is 3.67. The van der Waals surface area contributed by atoms with E-state index >= 15 is 0 Å². The second-order valence-corrected chi connectivity index (χ2v) is 6.09. The third-order valence-electron chi connectivity index (χ3n) is 3.34. The van der Waals surface area contributed by atoms with Gasteiger partial charge in [0.25, 0.3) is 0 Å². The first-order valence-corrected chi connectivity index (χ1v) is 6.94. The second kappa shape index (κ2) is 6.79. The quantitative estimate of drug-likeness (QED) is 0.828. The zero-order valence-corrected chi connectivity index (χ0v) is 12.5. The summed E-state index contributed by atoms with van der Waals surface area (Å²) < 4.78 is 0. The van der Waals surface area contributed by atoms with Crippen molar-refractivity contribution >= 4 is 5.69 Å². The van der Waals surface area contributed by atoms with E-state index in [0.29, 0.717) is 6.04 Å². The van der Waals surface area contributed by atoms with E-state index in [1.165, 1.54) is 12.1 Å². The standard InChI is InChI=1S/C16H28N2/c1-6-12-17-15(16(2,3)4)13-18(5)14-10-8-7-9-11-14/h7-11,15,17H,6,12-13H2,1-5H3. The molecule has 1 atom stereocenters. The number of hydrogen-bond acceptors (Lipinski definition) is 2. The fourth-order valence-corrected chi connectivity index (χ4v) is 2.02. The summed E-state index contributed by atoms with van der Waals surface area (Å²) in [6.45, 7) is 11.3. The maximum Gasteiger partial charge on any atom is 0.0364 e. The minimum absolute atomic E-state index is 0.276. The van der Waals surface area contributed by atoms with Gasteiger partial charge in [0, 0.05) is 25.3 Å². The molecule has 0 amide bonds. The van der Waals surface area contributed by atoms with Crippen LogP contribution in [0, 0.1) is 5.41 Å². The summed E-state index contributed by atoms with van der Waals surface area (Å²) in [5.41, 5.74) is 1.56. The largest absolute Gasteiger partial charge is 0.373 e. The van der Waals surface area contributed by atoms with Gasteiger partial charge in [-0.3, -0.25) is 0 Å². The lowest BCUT2D eigenvalue weighted by molar-refractivity contribution is 0.272. The molecule has 18 heavy (non-hydrogen) atoms. The number of nitrogens with one attached hydrogen (secondary N) is 1. The summed E-state index contributed by atoms with van der Waals surface area (Å²) >= 11 is 0. The Labute approximate surface area is 112 Å². The molecular weight excluding hydrogens is 220 g/mol. The van der Waals surface area contributed by atoms with E-state index in [9.17, 15) is 0 Å². The molecule has 1 unspecified atom stereocenters.